The molecule has 1 aliphatic carbocycles. The Labute approximate surface area is 180 Å². The van der Waals surface area contributed by atoms with Crippen molar-refractivity contribution < 1.29 is 14.3 Å². The maximum absolute atomic E-state index is 12.4. The molecule has 31 heavy (non-hydrogen) atoms. The predicted molar refractivity (Wildman–Crippen MR) is 115 cm³/mol. The number of nitrogens with one attached hydrogen (secondary N) is 2. The molecule has 0 spiro atoms. The van der Waals surface area contributed by atoms with Gasteiger partial charge in [0.1, 0.15) is 19.0 Å². The molecule has 1 aliphatic rings. The van der Waals surface area contributed by atoms with Gasteiger partial charge in [0.05, 0.1) is 0 Å². The molecule has 10 heteroatoms. The van der Waals surface area contributed by atoms with E-state index in [1.165, 1.54) is 4.57 Å². The Bertz CT molecular complexity index is 1040. The van der Waals surface area contributed by atoms with E-state index in [0.717, 1.165) is 44.9 Å². The van der Waals surface area contributed by atoms with Crippen LogP contribution in [-0.4, -0.2) is 37.5 Å². The second-order valence-corrected chi connectivity index (χ2v) is 7.92. The van der Waals surface area contributed by atoms with Crippen LogP contribution in [0.5, 0.6) is 0 Å². The lowest BCUT2D eigenvalue weighted by Gasteiger charge is -2.20. The van der Waals surface area contributed by atoms with E-state index in [1.807, 2.05) is 13.8 Å². The Morgan fingerprint density at radius 2 is 1.90 bits per heavy atom. The number of carbonyl (C=O) groups is 2. The standard InChI is InChI=1S/C21H31N5O5/c1-3-5-11-26-18-17(20(29)24-21(26)30)25(4-2)15(23-18)13-31-16(27)12-22-19(28)14-9-7-6-8-10-14/h14H,3-13H2,1-2H3,(H,22,28)(H,24,29,30). The Morgan fingerprint density at radius 1 is 1.16 bits per heavy atom. The fraction of sp³-hybridized carbons (Fsp3) is 0.667. The van der Waals surface area contributed by atoms with Crippen LogP contribution >= 0.6 is 0 Å². The summed E-state index contributed by atoms with van der Waals surface area (Å²) in [5.74, 6) is -0.330. The average molecular weight is 434 g/mol. The number of nitrogens with zero attached hydrogens (tertiary/aromatic N) is 3. The largest absolute Gasteiger partial charge is 0.456 e. The topological polar surface area (TPSA) is 128 Å². The van der Waals surface area contributed by atoms with E-state index in [-0.39, 0.29) is 30.5 Å². The SMILES string of the molecule is CCCCn1c(=O)[nH]c(=O)c2c1nc(COC(=O)CNC(=O)C1CCCCC1)n2CC. The van der Waals surface area contributed by atoms with Crippen molar-refractivity contribution in [2.45, 2.75) is 78.5 Å². The maximum Gasteiger partial charge on any atom is 0.330 e. The summed E-state index contributed by atoms with van der Waals surface area (Å²) >= 11 is 0. The number of carbonyl (C=O) groups excluding carboxylic acids is 2. The monoisotopic (exact) mass is 433 g/mol. The first-order chi connectivity index (χ1) is 15.0. The van der Waals surface area contributed by atoms with Crippen LogP contribution < -0.4 is 16.6 Å². The summed E-state index contributed by atoms with van der Waals surface area (Å²) in [4.78, 5) is 55.8. The molecule has 0 aliphatic heterocycles. The number of hydrogen-bond donors (Lipinski definition) is 2. The molecule has 1 fully saturated rings. The zero-order chi connectivity index (χ0) is 22.4. The van der Waals surface area contributed by atoms with Gasteiger partial charge in [0.2, 0.25) is 5.91 Å². The lowest BCUT2D eigenvalue weighted by Crippen LogP contribution is -2.36. The predicted octanol–water partition coefficient (Wildman–Crippen LogP) is 1.45. The molecule has 0 radical (unpaired) electrons. The number of hydrogen-bond acceptors (Lipinski definition) is 6. The van der Waals surface area contributed by atoms with Crippen molar-refractivity contribution in [3.05, 3.63) is 26.7 Å². The third kappa shape index (κ3) is 5.23. The minimum absolute atomic E-state index is 0.0302. The van der Waals surface area contributed by atoms with Gasteiger partial charge in [-0.25, -0.2) is 9.78 Å². The summed E-state index contributed by atoms with van der Waals surface area (Å²) in [5.41, 5.74) is -0.435. The van der Waals surface area contributed by atoms with Crippen molar-refractivity contribution in [3.8, 4) is 0 Å². The van der Waals surface area contributed by atoms with Gasteiger partial charge in [0, 0.05) is 19.0 Å². The molecular formula is C21H31N5O5. The molecule has 2 heterocycles. The van der Waals surface area contributed by atoms with Gasteiger partial charge < -0.3 is 14.6 Å². The number of H-pyrrole nitrogens is 1. The Hall–Kier alpha value is -2.91. The molecule has 170 valence electrons. The van der Waals surface area contributed by atoms with Crippen molar-refractivity contribution in [2.75, 3.05) is 6.54 Å². The minimum atomic E-state index is -0.573. The van der Waals surface area contributed by atoms with E-state index in [9.17, 15) is 19.2 Å². The van der Waals surface area contributed by atoms with E-state index in [1.54, 1.807) is 4.57 Å². The van der Waals surface area contributed by atoms with Crippen LogP contribution in [0.15, 0.2) is 9.59 Å². The van der Waals surface area contributed by atoms with E-state index in [0.29, 0.717) is 24.6 Å². The van der Waals surface area contributed by atoms with Crippen molar-refractivity contribution in [1.82, 2.24) is 24.4 Å². The molecule has 0 saturated heterocycles. The van der Waals surface area contributed by atoms with E-state index in [2.05, 4.69) is 15.3 Å². The summed E-state index contributed by atoms with van der Waals surface area (Å²) in [5, 5.41) is 2.65. The van der Waals surface area contributed by atoms with Gasteiger partial charge >= 0.3 is 11.7 Å². The lowest BCUT2D eigenvalue weighted by molar-refractivity contribution is -0.145. The Balaban J connectivity index is 1.70. The zero-order valence-electron chi connectivity index (χ0n) is 18.2. The average Bonchev–Trinajstić information content (AvgIpc) is 3.15. The van der Waals surface area contributed by atoms with Crippen molar-refractivity contribution in [2.24, 2.45) is 5.92 Å². The molecule has 10 nitrogen and oxygen atoms in total. The summed E-state index contributed by atoms with van der Waals surface area (Å²) < 4.78 is 8.38. The first kappa shape index (κ1) is 22.8. The Kier molecular flexibility index (Phi) is 7.64. The van der Waals surface area contributed by atoms with Gasteiger partial charge in [-0.1, -0.05) is 32.6 Å². The number of esters is 1. The number of aromatic amines is 1. The number of unbranched alkanes of at least 4 members (excludes halogenated alkanes) is 1. The van der Waals surface area contributed by atoms with Gasteiger partial charge in [0.25, 0.3) is 5.56 Å². The highest BCUT2D eigenvalue weighted by atomic mass is 16.5. The van der Waals surface area contributed by atoms with Crippen LogP contribution in [-0.2, 0) is 34.0 Å². The molecule has 0 unspecified atom stereocenters. The first-order valence-electron chi connectivity index (χ1n) is 11.1. The van der Waals surface area contributed by atoms with Crippen molar-refractivity contribution >= 4 is 23.0 Å². The summed E-state index contributed by atoms with van der Waals surface area (Å²) in [6.45, 7) is 4.37. The third-order valence-corrected chi connectivity index (χ3v) is 5.76. The second-order valence-electron chi connectivity index (χ2n) is 7.92. The summed E-state index contributed by atoms with van der Waals surface area (Å²) in [7, 11) is 0. The van der Waals surface area contributed by atoms with Crippen LogP contribution in [0.3, 0.4) is 0 Å². The number of aromatic nitrogens is 4. The van der Waals surface area contributed by atoms with Crippen LogP contribution in [0.25, 0.3) is 11.2 Å². The van der Waals surface area contributed by atoms with E-state index < -0.39 is 17.2 Å². The van der Waals surface area contributed by atoms with Gasteiger partial charge in [-0.2, -0.15) is 0 Å². The highest BCUT2D eigenvalue weighted by molar-refractivity contribution is 5.83. The van der Waals surface area contributed by atoms with Crippen molar-refractivity contribution in [3.63, 3.8) is 0 Å². The second kappa shape index (κ2) is 10.4. The molecule has 3 rings (SSSR count). The number of rotatable bonds is 9. The van der Waals surface area contributed by atoms with Gasteiger partial charge in [0.15, 0.2) is 11.2 Å². The fourth-order valence-electron chi connectivity index (χ4n) is 4.06. The van der Waals surface area contributed by atoms with E-state index in [4.69, 9.17) is 4.74 Å². The number of ether oxygens (including phenoxy) is 1. The number of fused-ring (bicyclic) bond motifs is 1. The maximum atomic E-state index is 12.4. The van der Waals surface area contributed by atoms with Crippen LogP contribution in [0.4, 0.5) is 0 Å². The van der Waals surface area contributed by atoms with Gasteiger partial charge in [-0.3, -0.25) is 23.9 Å². The molecule has 0 atom stereocenters. The summed E-state index contributed by atoms with van der Waals surface area (Å²) in [6.07, 6.45) is 6.60. The molecule has 2 aromatic rings. The molecule has 2 N–H and O–H groups in total. The van der Waals surface area contributed by atoms with Crippen LogP contribution in [0.1, 0.15) is 64.6 Å². The van der Waals surface area contributed by atoms with Gasteiger partial charge in [-0.05, 0) is 26.2 Å². The zero-order valence-corrected chi connectivity index (χ0v) is 18.2. The number of aryl methyl sites for hydroxylation is 2. The highest BCUT2D eigenvalue weighted by Crippen LogP contribution is 2.23. The molecule has 1 amide bonds. The Morgan fingerprint density at radius 3 is 2.58 bits per heavy atom. The van der Waals surface area contributed by atoms with E-state index >= 15 is 0 Å². The van der Waals surface area contributed by atoms with Gasteiger partial charge in [-0.15, -0.1) is 0 Å². The van der Waals surface area contributed by atoms with Crippen molar-refractivity contribution in [1.29, 1.82) is 0 Å². The summed E-state index contributed by atoms with van der Waals surface area (Å²) in [6, 6.07) is 0. The minimum Gasteiger partial charge on any atom is -0.456 e. The molecular weight excluding hydrogens is 402 g/mol. The molecule has 0 aromatic carbocycles. The number of amides is 1. The lowest BCUT2D eigenvalue weighted by atomic mass is 9.89. The molecule has 2 aromatic heterocycles. The number of imidazole rings is 1. The van der Waals surface area contributed by atoms with Crippen LogP contribution in [0.2, 0.25) is 0 Å². The smallest absolute Gasteiger partial charge is 0.330 e. The highest BCUT2D eigenvalue weighted by Gasteiger charge is 2.22. The quantitative estimate of drug-likeness (QED) is 0.576. The third-order valence-electron chi connectivity index (χ3n) is 5.76. The fourth-order valence-corrected chi connectivity index (χ4v) is 4.06. The first-order valence-corrected chi connectivity index (χ1v) is 11.1. The van der Waals surface area contributed by atoms with Crippen LogP contribution in [0, 0.1) is 5.92 Å². The molecule has 1 saturated carbocycles. The molecule has 0 bridgehead atoms. The normalized spacial score (nSPS) is 14.6.